The Hall–Kier alpha value is -1.57. The number of aromatic nitrogens is 1. The van der Waals surface area contributed by atoms with E-state index in [2.05, 4.69) is 10.3 Å². The van der Waals surface area contributed by atoms with Crippen LogP contribution in [0.4, 0.5) is 5.69 Å². The maximum atomic E-state index is 10.6. The minimum Gasteiger partial charge on any atom is -0.390 e. The summed E-state index contributed by atoms with van der Waals surface area (Å²) in [6.07, 6.45) is -1.72. The number of pyridine rings is 1. The Labute approximate surface area is 105 Å². The van der Waals surface area contributed by atoms with Crippen molar-refractivity contribution in [3.05, 3.63) is 33.6 Å². The summed E-state index contributed by atoms with van der Waals surface area (Å²) in [4.78, 5) is 14.0. The van der Waals surface area contributed by atoms with E-state index in [1.165, 1.54) is 19.1 Å². The van der Waals surface area contributed by atoms with Gasteiger partial charge < -0.3 is 15.5 Å². The first-order valence-electron chi connectivity index (χ1n) is 5.60. The number of nitrogens with one attached hydrogen (secondary N) is 1. The lowest BCUT2D eigenvalue weighted by Crippen LogP contribution is -2.24. The number of rotatable bonds is 6. The first kappa shape index (κ1) is 14.5. The predicted octanol–water partition coefficient (Wildman–Crippen LogP) is 0.302. The number of aliphatic hydroxyl groups is 2. The quantitative estimate of drug-likeness (QED) is 0.498. The van der Waals surface area contributed by atoms with Crippen LogP contribution in [0.15, 0.2) is 12.1 Å². The Kier molecular flexibility index (Phi) is 5.14. The molecule has 7 heteroatoms. The molecule has 1 aromatic rings. The highest BCUT2D eigenvalue weighted by molar-refractivity contribution is 5.35. The molecule has 7 nitrogen and oxygen atoms in total. The summed E-state index contributed by atoms with van der Waals surface area (Å²) in [5.41, 5.74) is 0.356. The molecule has 0 radical (unpaired) electrons. The summed E-state index contributed by atoms with van der Waals surface area (Å²) in [6.45, 7) is 2.05. The zero-order valence-corrected chi connectivity index (χ0v) is 10.3. The van der Waals surface area contributed by atoms with E-state index in [1.54, 1.807) is 7.05 Å². The van der Waals surface area contributed by atoms with E-state index in [-0.39, 0.29) is 17.1 Å². The SMILES string of the molecule is CNCCC(O)C(O)c1ccc([N+](=O)[O-])c(C)n1. The molecule has 18 heavy (non-hydrogen) atoms. The number of nitrogens with zero attached hydrogens (tertiary/aromatic N) is 2. The molecule has 0 saturated heterocycles. The van der Waals surface area contributed by atoms with Crippen molar-refractivity contribution in [2.75, 3.05) is 13.6 Å². The summed E-state index contributed by atoms with van der Waals surface area (Å²) in [6, 6.07) is 2.64. The Morgan fingerprint density at radius 1 is 1.50 bits per heavy atom. The molecule has 0 spiro atoms. The van der Waals surface area contributed by atoms with Crippen LogP contribution >= 0.6 is 0 Å². The normalized spacial score (nSPS) is 14.2. The fourth-order valence-electron chi connectivity index (χ4n) is 1.58. The van der Waals surface area contributed by atoms with Gasteiger partial charge in [-0.25, -0.2) is 4.98 Å². The largest absolute Gasteiger partial charge is 0.390 e. The van der Waals surface area contributed by atoms with E-state index in [9.17, 15) is 20.3 Å². The average Bonchev–Trinajstić information content (AvgIpc) is 2.34. The Morgan fingerprint density at radius 3 is 2.67 bits per heavy atom. The average molecular weight is 255 g/mol. The van der Waals surface area contributed by atoms with E-state index in [0.717, 1.165) is 0 Å². The van der Waals surface area contributed by atoms with Gasteiger partial charge in [0.15, 0.2) is 0 Å². The number of hydrogen-bond acceptors (Lipinski definition) is 6. The van der Waals surface area contributed by atoms with Crippen molar-refractivity contribution in [2.24, 2.45) is 0 Å². The van der Waals surface area contributed by atoms with Gasteiger partial charge in [0.2, 0.25) is 0 Å². The van der Waals surface area contributed by atoms with Crippen LogP contribution in [0.1, 0.15) is 23.9 Å². The van der Waals surface area contributed by atoms with Crippen LogP contribution in [0.25, 0.3) is 0 Å². The first-order chi connectivity index (χ1) is 8.47. The van der Waals surface area contributed by atoms with Crippen molar-refractivity contribution >= 4 is 5.69 Å². The Bertz CT molecular complexity index is 425. The van der Waals surface area contributed by atoms with Gasteiger partial charge in [0, 0.05) is 6.07 Å². The lowest BCUT2D eigenvalue weighted by molar-refractivity contribution is -0.385. The molecule has 1 rings (SSSR count). The van der Waals surface area contributed by atoms with E-state index in [0.29, 0.717) is 13.0 Å². The highest BCUT2D eigenvalue weighted by Gasteiger charge is 2.21. The summed E-state index contributed by atoms with van der Waals surface area (Å²) in [7, 11) is 1.74. The van der Waals surface area contributed by atoms with Crippen molar-refractivity contribution in [3.63, 3.8) is 0 Å². The smallest absolute Gasteiger partial charge is 0.290 e. The summed E-state index contributed by atoms with van der Waals surface area (Å²) in [5, 5.41) is 33.1. The lowest BCUT2D eigenvalue weighted by atomic mass is 10.1. The minimum absolute atomic E-state index is 0.101. The van der Waals surface area contributed by atoms with Crippen LogP contribution in [-0.4, -0.2) is 39.8 Å². The van der Waals surface area contributed by atoms with E-state index in [4.69, 9.17) is 0 Å². The van der Waals surface area contributed by atoms with Gasteiger partial charge in [-0.05, 0) is 33.0 Å². The molecule has 0 amide bonds. The Morgan fingerprint density at radius 2 is 2.17 bits per heavy atom. The van der Waals surface area contributed by atoms with Crippen molar-refractivity contribution in [1.82, 2.24) is 10.3 Å². The highest BCUT2D eigenvalue weighted by atomic mass is 16.6. The molecular formula is C11H17N3O4. The minimum atomic E-state index is -1.14. The van der Waals surface area contributed by atoms with Gasteiger partial charge in [-0.1, -0.05) is 0 Å². The molecule has 2 unspecified atom stereocenters. The van der Waals surface area contributed by atoms with Crippen LogP contribution < -0.4 is 5.32 Å². The fraction of sp³-hybridized carbons (Fsp3) is 0.545. The second-order valence-corrected chi connectivity index (χ2v) is 4.00. The molecule has 2 atom stereocenters. The third-order valence-electron chi connectivity index (χ3n) is 2.63. The van der Waals surface area contributed by atoms with Crippen LogP contribution in [0.3, 0.4) is 0 Å². The van der Waals surface area contributed by atoms with Crippen LogP contribution in [0.5, 0.6) is 0 Å². The third-order valence-corrected chi connectivity index (χ3v) is 2.63. The number of aryl methyl sites for hydroxylation is 1. The zero-order valence-electron chi connectivity index (χ0n) is 10.3. The van der Waals surface area contributed by atoms with Crippen LogP contribution in [0, 0.1) is 17.0 Å². The van der Waals surface area contributed by atoms with Crippen molar-refractivity contribution in [3.8, 4) is 0 Å². The molecule has 100 valence electrons. The molecule has 1 aromatic heterocycles. The topological polar surface area (TPSA) is 109 Å². The first-order valence-corrected chi connectivity index (χ1v) is 5.60. The molecule has 1 heterocycles. The molecule has 0 saturated carbocycles. The van der Waals surface area contributed by atoms with Gasteiger partial charge in [0.25, 0.3) is 5.69 Å². The highest BCUT2D eigenvalue weighted by Crippen LogP contribution is 2.21. The van der Waals surface area contributed by atoms with E-state index < -0.39 is 17.1 Å². The lowest BCUT2D eigenvalue weighted by Gasteiger charge is -2.17. The fourth-order valence-corrected chi connectivity index (χ4v) is 1.58. The van der Waals surface area contributed by atoms with Crippen molar-refractivity contribution in [2.45, 2.75) is 25.6 Å². The monoisotopic (exact) mass is 255 g/mol. The molecule has 0 fully saturated rings. The third kappa shape index (κ3) is 3.46. The molecule has 0 aliphatic rings. The van der Waals surface area contributed by atoms with Gasteiger partial charge in [-0.2, -0.15) is 0 Å². The van der Waals surface area contributed by atoms with Crippen molar-refractivity contribution < 1.29 is 15.1 Å². The molecule has 3 N–H and O–H groups in total. The van der Waals surface area contributed by atoms with Gasteiger partial charge in [-0.3, -0.25) is 10.1 Å². The van der Waals surface area contributed by atoms with Gasteiger partial charge >= 0.3 is 0 Å². The predicted molar refractivity (Wildman–Crippen MR) is 65.1 cm³/mol. The maximum Gasteiger partial charge on any atom is 0.290 e. The summed E-state index contributed by atoms with van der Waals surface area (Å²) < 4.78 is 0. The van der Waals surface area contributed by atoms with E-state index >= 15 is 0 Å². The van der Waals surface area contributed by atoms with Gasteiger partial charge in [0.05, 0.1) is 16.7 Å². The molecule has 0 aliphatic carbocycles. The van der Waals surface area contributed by atoms with Gasteiger partial charge in [0.1, 0.15) is 11.8 Å². The molecule has 0 aromatic carbocycles. The number of aliphatic hydroxyl groups excluding tert-OH is 2. The standard InChI is InChI=1S/C11H17N3O4/c1-7-9(14(17)18)4-3-8(13-7)11(16)10(15)5-6-12-2/h3-4,10-12,15-16H,5-6H2,1-2H3. The van der Waals surface area contributed by atoms with E-state index in [1.807, 2.05) is 0 Å². The second kappa shape index (κ2) is 6.39. The number of hydrogen-bond donors (Lipinski definition) is 3. The summed E-state index contributed by atoms with van der Waals surface area (Å²) >= 11 is 0. The summed E-state index contributed by atoms with van der Waals surface area (Å²) in [5.74, 6) is 0. The van der Waals surface area contributed by atoms with Crippen LogP contribution in [-0.2, 0) is 0 Å². The van der Waals surface area contributed by atoms with Crippen LogP contribution in [0.2, 0.25) is 0 Å². The molecule has 0 aliphatic heterocycles. The van der Waals surface area contributed by atoms with Gasteiger partial charge in [-0.15, -0.1) is 0 Å². The maximum absolute atomic E-state index is 10.6. The zero-order chi connectivity index (χ0) is 13.7. The molecular weight excluding hydrogens is 238 g/mol. The Balaban J connectivity index is 2.83. The van der Waals surface area contributed by atoms with Crippen molar-refractivity contribution in [1.29, 1.82) is 0 Å². The molecule has 0 bridgehead atoms. The second-order valence-electron chi connectivity index (χ2n) is 4.00. The number of nitro groups is 1.